The predicted molar refractivity (Wildman–Crippen MR) is 72.9 cm³/mol. The lowest BCUT2D eigenvalue weighted by Crippen LogP contribution is -2.23. The van der Waals surface area contributed by atoms with Crippen molar-refractivity contribution in [2.24, 2.45) is 5.92 Å². The van der Waals surface area contributed by atoms with Crippen molar-refractivity contribution in [2.45, 2.75) is 46.1 Å². The van der Waals surface area contributed by atoms with Crippen LogP contribution >= 0.6 is 0 Å². The minimum absolute atomic E-state index is 0.167. The highest BCUT2D eigenvalue weighted by Crippen LogP contribution is 2.10. The molecule has 0 amide bonds. The van der Waals surface area contributed by atoms with Crippen LogP contribution in [0.3, 0.4) is 0 Å². The van der Waals surface area contributed by atoms with Crippen LogP contribution in [0.5, 0.6) is 0 Å². The van der Waals surface area contributed by atoms with Gasteiger partial charge in [0.25, 0.3) is 5.56 Å². The van der Waals surface area contributed by atoms with E-state index in [0.717, 1.165) is 6.42 Å². The number of aromatic amines is 1. The summed E-state index contributed by atoms with van der Waals surface area (Å²) in [5.74, 6) is 1.79. The molecule has 0 bridgehead atoms. The van der Waals surface area contributed by atoms with Crippen LogP contribution in [0.4, 0.5) is 5.82 Å². The molecule has 3 N–H and O–H groups in total. The summed E-state index contributed by atoms with van der Waals surface area (Å²) in [5.41, 5.74) is -0.172. The number of nitrogens with zero attached hydrogens (tertiary/aromatic N) is 1. The summed E-state index contributed by atoms with van der Waals surface area (Å²) in [5, 5.41) is 12.8. The van der Waals surface area contributed by atoms with Gasteiger partial charge < -0.3 is 15.4 Å². The molecular formula is C13H23N3O2. The molecule has 18 heavy (non-hydrogen) atoms. The van der Waals surface area contributed by atoms with Crippen LogP contribution in [0.25, 0.3) is 0 Å². The van der Waals surface area contributed by atoms with E-state index in [1.165, 1.54) is 6.07 Å². The lowest BCUT2D eigenvalue weighted by Gasteiger charge is -2.14. The van der Waals surface area contributed by atoms with E-state index in [0.29, 0.717) is 24.1 Å². The van der Waals surface area contributed by atoms with Crippen molar-refractivity contribution >= 4 is 5.82 Å². The maximum Gasteiger partial charge on any atom is 0.252 e. The van der Waals surface area contributed by atoms with Gasteiger partial charge in [0.15, 0.2) is 0 Å². The third-order valence-electron chi connectivity index (χ3n) is 2.57. The molecule has 0 aliphatic carbocycles. The summed E-state index contributed by atoms with van der Waals surface area (Å²) in [7, 11) is 0. The van der Waals surface area contributed by atoms with Gasteiger partial charge in [0.2, 0.25) is 0 Å². The van der Waals surface area contributed by atoms with Gasteiger partial charge in [-0.15, -0.1) is 0 Å². The molecule has 0 radical (unpaired) electrons. The van der Waals surface area contributed by atoms with E-state index in [9.17, 15) is 9.90 Å². The fraction of sp³-hybridized carbons (Fsp3) is 0.692. The van der Waals surface area contributed by atoms with Crippen molar-refractivity contribution in [3.05, 3.63) is 22.2 Å². The van der Waals surface area contributed by atoms with Crippen LogP contribution in [0.1, 0.15) is 45.9 Å². The van der Waals surface area contributed by atoms with E-state index in [1.807, 2.05) is 13.8 Å². The molecule has 102 valence electrons. The van der Waals surface area contributed by atoms with Gasteiger partial charge in [-0.1, -0.05) is 27.7 Å². The average Bonchev–Trinajstić information content (AvgIpc) is 2.24. The Kier molecular flexibility index (Phi) is 5.34. The number of aliphatic hydroxyl groups excluding tert-OH is 1. The van der Waals surface area contributed by atoms with Crippen molar-refractivity contribution < 1.29 is 5.11 Å². The van der Waals surface area contributed by atoms with Gasteiger partial charge in [-0.05, 0) is 12.3 Å². The van der Waals surface area contributed by atoms with Gasteiger partial charge in [0.05, 0.1) is 6.10 Å². The molecule has 0 aromatic carbocycles. The Balaban J connectivity index is 2.65. The lowest BCUT2D eigenvalue weighted by atomic mass is 10.1. The minimum Gasteiger partial charge on any atom is -0.391 e. The van der Waals surface area contributed by atoms with Crippen LogP contribution in [-0.2, 0) is 0 Å². The zero-order valence-electron chi connectivity index (χ0n) is 11.5. The minimum atomic E-state index is -0.423. The van der Waals surface area contributed by atoms with Gasteiger partial charge in [0.1, 0.15) is 11.6 Å². The standard InChI is InChI=1S/C13H23N3O2/c1-8(2)5-10(17)7-14-11-6-12(18)16-13(15-11)9(3)4/h6,8-10,17H,5,7H2,1-4H3,(H2,14,15,16,18). The predicted octanol–water partition coefficient (Wildman–Crippen LogP) is 1.71. The maximum atomic E-state index is 11.4. The molecule has 1 unspecified atom stereocenters. The van der Waals surface area contributed by atoms with Gasteiger partial charge >= 0.3 is 0 Å². The quantitative estimate of drug-likeness (QED) is 0.721. The number of hydrogen-bond donors (Lipinski definition) is 3. The van der Waals surface area contributed by atoms with E-state index < -0.39 is 6.10 Å². The van der Waals surface area contributed by atoms with E-state index in [2.05, 4.69) is 29.1 Å². The van der Waals surface area contributed by atoms with E-state index in [1.54, 1.807) is 0 Å². The normalized spacial score (nSPS) is 13.1. The van der Waals surface area contributed by atoms with Crippen molar-refractivity contribution in [1.29, 1.82) is 0 Å². The van der Waals surface area contributed by atoms with Gasteiger partial charge in [-0.3, -0.25) is 4.79 Å². The summed E-state index contributed by atoms with van der Waals surface area (Å²) < 4.78 is 0. The van der Waals surface area contributed by atoms with Crippen molar-refractivity contribution in [3.63, 3.8) is 0 Å². The third-order valence-corrected chi connectivity index (χ3v) is 2.57. The summed E-state index contributed by atoms with van der Waals surface area (Å²) in [6, 6.07) is 1.41. The van der Waals surface area contributed by atoms with Crippen LogP contribution in [0.2, 0.25) is 0 Å². The van der Waals surface area contributed by atoms with Gasteiger partial charge in [-0.2, -0.15) is 0 Å². The molecule has 0 aliphatic heterocycles. The lowest BCUT2D eigenvalue weighted by molar-refractivity contribution is 0.161. The molecule has 0 spiro atoms. The number of hydrogen-bond acceptors (Lipinski definition) is 4. The summed E-state index contributed by atoms with van der Waals surface area (Å²) in [6.45, 7) is 8.47. The smallest absolute Gasteiger partial charge is 0.252 e. The molecule has 0 fully saturated rings. The van der Waals surface area contributed by atoms with Crippen LogP contribution < -0.4 is 10.9 Å². The summed E-state index contributed by atoms with van der Waals surface area (Å²) in [6.07, 6.45) is 0.307. The first-order chi connectivity index (χ1) is 8.38. The van der Waals surface area contributed by atoms with Gasteiger partial charge in [0, 0.05) is 18.5 Å². The molecular weight excluding hydrogens is 230 g/mol. The molecule has 1 rings (SSSR count). The molecule has 0 saturated carbocycles. The SMILES string of the molecule is CC(C)CC(O)CNc1cc(=O)[nH]c(C(C)C)n1. The highest BCUT2D eigenvalue weighted by Gasteiger charge is 2.09. The first kappa shape index (κ1) is 14.7. The Morgan fingerprint density at radius 3 is 2.61 bits per heavy atom. The Labute approximate surface area is 108 Å². The van der Waals surface area contributed by atoms with Crippen LogP contribution in [-0.4, -0.2) is 27.7 Å². The molecule has 1 atom stereocenters. The van der Waals surface area contributed by atoms with Crippen LogP contribution in [0.15, 0.2) is 10.9 Å². The number of H-pyrrole nitrogens is 1. The van der Waals surface area contributed by atoms with Crippen molar-refractivity contribution in [1.82, 2.24) is 9.97 Å². The monoisotopic (exact) mass is 253 g/mol. The number of rotatable bonds is 6. The summed E-state index contributed by atoms with van der Waals surface area (Å²) in [4.78, 5) is 18.4. The Bertz CT molecular complexity index is 426. The summed E-state index contributed by atoms with van der Waals surface area (Å²) >= 11 is 0. The topological polar surface area (TPSA) is 78.0 Å². The molecule has 1 heterocycles. The van der Waals surface area contributed by atoms with Crippen molar-refractivity contribution in [3.8, 4) is 0 Å². The molecule has 0 aliphatic rings. The Morgan fingerprint density at radius 1 is 1.39 bits per heavy atom. The first-order valence-electron chi connectivity index (χ1n) is 6.41. The van der Waals surface area contributed by atoms with E-state index in [-0.39, 0.29) is 11.5 Å². The number of anilines is 1. The Morgan fingerprint density at radius 2 is 2.06 bits per heavy atom. The van der Waals surface area contributed by atoms with Crippen molar-refractivity contribution in [2.75, 3.05) is 11.9 Å². The molecule has 0 saturated heterocycles. The fourth-order valence-electron chi connectivity index (χ4n) is 1.69. The number of nitrogens with one attached hydrogen (secondary N) is 2. The third kappa shape index (κ3) is 4.87. The highest BCUT2D eigenvalue weighted by molar-refractivity contribution is 5.33. The first-order valence-corrected chi connectivity index (χ1v) is 6.41. The molecule has 1 aromatic heterocycles. The molecule has 1 aromatic rings. The average molecular weight is 253 g/mol. The van der Waals surface area contributed by atoms with E-state index >= 15 is 0 Å². The highest BCUT2D eigenvalue weighted by atomic mass is 16.3. The molecule has 5 heteroatoms. The largest absolute Gasteiger partial charge is 0.391 e. The second-order valence-electron chi connectivity index (χ2n) is 5.33. The maximum absolute atomic E-state index is 11.4. The number of aliphatic hydroxyl groups is 1. The zero-order valence-corrected chi connectivity index (χ0v) is 11.5. The van der Waals surface area contributed by atoms with Crippen LogP contribution in [0, 0.1) is 5.92 Å². The Hall–Kier alpha value is -1.36. The second kappa shape index (κ2) is 6.54. The second-order valence-corrected chi connectivity index (χ2v) is 5.33. The molecule has 5 nitrogen and oxygen atoms in total. The van der Waals surface area contributed by atoms with E-state index in [4.69, 9.17) is 0 Å². The fourth-order valence-corrected chi connectivity index (χ4v) is 1.69. The zero-order chi connectivity index (χ0) is 13.7. The number of aromatic nitrogens is 2. The van der Waals surface area contributed by atoms with Gasteiger partial charge in [-0.25, -0.2) is 4.98 Å².